The first kappa shape index (κ1) is 17.7. The molecule has 30 heavy (non-hydrogen) atoms. The molecule has 0 saturated heterocycles. The zero-order valence-electron chi connectivity index (χ0n) is 16.9. The Morgan fingerprint density at radius 3 is 1.93 bits per heavy atom. The topological polar surface area (TPSA) is 17.1 Å². The molecule has 0 heterocycles. The average Bonchev–Trinajstić information content (AvgIpc) is 2.83. The highest BCUT2D eigenvalue weighted by Crippen LogP contribution is 2.51. The molecule has 2 bridgehead atoms. The molecule has 0 aliphatic heterocycles. The second-order valence-electron chi connectivity index (χ2n) is 8.87. The lowest BCUT2D eigenvalue weighted by molar-refractivity contribution is 0.0770. The molecule has 1 fully saturated rings. The van der Waals surface area contributed by atoms with Crippen molar-refractivity contribution in [2.24, 2.45) is 17.8 Å². The molecule has 0 spiro atoms. The molecule has 0 aromatic heterocycles. The summed E-state index contributed by atoms with van der Waals surface area (Å²) < 4.78 is 0. The number of rotatable bonds is 3. The lowest BCUT2D eigenvalue weighted by Gasteiger charge is -2.44. The molecule has 3 aliphatic carbocycles. The minimum atomic E-state index is 0.0241. The van der Waals surface area contributed by atoms with Crippen molar-refractivity contribution in [3.05, 3.63) is 108 Å². The van der Waals surface area contributed by atoms with Gasteiger partial charge in [0, 0.05) is 17.4 Å². The molecule has 4 aromatic rings. The van der Waals surface area contributed by atoms with Gasteiger partial charge in [0.05, 0.1) is 0 Å². The van der Waals surface area contributed by atoms with Crippen molar-refractivity contribution in [2.75, 3.05) is 0 Å². The molecule has 4 aromatic carbocycles. The summed E-state index contributed by atoms with van der Waals surface area (Å²) in [7, 11) is 0. The Balaban J connectivity index is 1.44. The third-order valence-corrected chi connectivity index (χ3v) is 7.24. The summed E-state index contributed by atoms with van der Waals surface area (Å²) in [4.78, 5) is 13.8. The molecule has 1 nitrogen and oxygen atoms in total. The average molecular weight is 389 g/mol. The Hall–Kier alpha value is -3.19. The molecule has 3 aliphatic rings. The SMILES string of the molecule is O=C(c1ccc2ccccc2c1)[C@H]1C2C=CC(CC2)C1c1ccc2ccccc2c1. The van der Waals surface area contributed by atoms with Crippen LogP contribution in [0.4, 0.5) is 0 Å². The van der Waals surface area contributed by atoms with Crippen LogP contribution in [0.25, 0.3) is 21.5 Å². The van der Waals surface area contributed by atoms with Crippen LogP contribution in [-0.4, -0.2) is 5.78 Å². The predicted molar refractivity (Wildman–Crippen MR) is 124 cm³/mol. The van der Waals surface area contributed by atoms with E-state index >= 15 is 0 Å². The van der Waals surface area contributed by atoms with Crippen molar-refractivity contribution in [1.82, 2.24) is 0 Å². The molecule has 1 saturated carbocycles. The zero-order valence-corrected chi connectivity index (χ0v) is 16.9. The highest BCUT2D eigenvalue weighted by Gasteiger charge is 2.45. The fourth-order valence-electron chi connectivity index (χ4n) is 5.76. The van der Waals surface area contributed by atoms with Crippen molar-refractivity contribution in [1.29, 1.82) is 0 Å². The van der Waals surface area contributed by atoms with E-state index in [0.29, 0.717) is 17.6 Å². The quantitative estimate of drug-likeness (QED) is 0.268. The molecule has 0 radical (unpaired) electrons. The first-order valence-electron chi connectivity index (χ1n) is 11.0. The Labute approximate surface area is 177 Å². The van der Waals surface area contributed by atoms with Gasteiger partial charge in [0.25, 0.3) is 0 Å². The van der Waals surface area contributed by atoms with Gasteiger partial charge in [-0.25, -0.2) is 0 Å². The van der Waals surface area contributed by atoms with Gasteiger partial charge in [-0.15, -0.1) is 0 Å². The van der Waals surface area contributed by atoms with Crippen LogP contribution >= 0.6 is 0 Å². The van der Waals surface area contributed by atoms with Crippen molar-refractivity contribution in [2.45, 2.75) is 18.8 Å². The number of carbonyl (C=O) groups excluding carboxylic acids is 1. The van der Waals surface area contributed by atoms with Crippen molar-refractivity contribution in [3.63, 3.8) is 0 Å². The molecule has 146 valence electrons. The van der Waals surface area contributed by atoms with Crippen LogP contribution in [0.15, 0.2) is 97.1 Å². The van der Waals surface area contributed by atoms with Crippen LogP contribution < -0.4 is 0 Å². The molecule has 4 atom stereocenters. The standard InChI is InChI=1S/C29H24O/c30-29(26-16-10-20-6-2-4-8-24(20)18-26)28-22-13-11-21(12-14-22)27(28)25-15-9-19-5-1-3-7-23(19)17-25/h1-11,13,15-18,21-22,27-28H,12,14H2/t21?,22?,27?,28-/m0/s1. The molecular formula is C29H24O. The summed E-state index contributed by atoms with van der Waals surface area (Å²) in [6, 6.07) is 29.8. The van der Waals surface area contributed by atoms with Gasteiger partial charge in [-0.3, -0.25) is 4.79 Å². The first-order chi connectivity index (χ1) is 14.8. The van der Waals surface area contributed by atoms with E-state index in [9.17, 15) is 4.79 Å². The summed E-state index contributed by atoms with van der Waals surface area (Å²) in [5.74, 6) is 1.38. The summed E-state index contributed by atoms with van der Waals surface area (Å²) >= 11 is 0. The van der Waals surface area contributed by atoms with Crippen LogP contribution in [0.1, 0.15) is 34.7 Å². The molecule has 3 unspecified atom stereocenters. The molecule has 0 amide bonds. The van der Waals surface area contributed by atoms with Crippen molar-refractivity contribution < 1.29 is 4.79 Å². The number of hydrogen-bond acceptors (Lipinski definition) is 1. The van der Waals surface area contributed by atoms with Gasteiger partial charge >= 0.3 is 0 Å². The maximum atomic E-state index is 13.8. The van der Waals surface area contributed by atoms with E-state index in [0.717, 1.165) is 17.4 Å². The summed E-state index contributed by atoms with van der Waals surface area (Å²) in [6.45, 7) is 0. The second kappa shape index (κ2) is 6.95. The monoisotopic (exact) mass is 388 g/mol. The third kappa shape index (κ3) is 2.81. The van der Waals surface area contributed by atoms with Crippen molar-refractivity contribution >= 4 is 27.3 Å². The highest BCUT2D eigenvalue weighted by atomic mass is 16.1. The smallest absolute Gasteiger partial charge is 0.167 e. The lowest BCUT2D eigenvalue weighted by atomic mass is 9.58. The Morgan fingerprint density at radius 2 is 1.23 bits per heavy atom. The van der Waals surface area contributed by atoms with E-state index in [1.807, 2.05) is 18.2 Å². The van der Waals surface area contributed by atoms with Gasteiger partial charge in [-0.1, -0.05) is 91.0 Å². The normalized spacial score (nSPS) is 25.1. The number of hydrogen-bond donors (Lipinski definition) is 0. The Bertz CT molecular complexity index is 1300. The lowest BCUT2D eigenvalue weighted by Crippen LogP contribution is -2.40. The van der Waals surface area contributed by atoms with Gasteiger partial charge in [-0.05, 0) is 57.9 Å². The fourth-order valence-corrected chi connectivity index (χ4v) is 5.76. The maximum Gasteiger partial charge on any atom is 0.167 e. The van der Waals surface area contributed by atoms with Gasteiger partial charge in [0.2, 0.25) is 0 Å². The van der Waals surface area contributed by atoms with Gasteiger partial charge in [0.1, 0.15) is 0 Å². The first-order valence-corrected chi connectivity index (χ1v) is 11.0. The zero-order chi connectivity index (χ0) is 20.1. The summed E-state index contributed by atoms with van der Waals surface area (Å²) in [6.07, 6.45) is 6.99. The van der Waals surface area contributed by atoms with Crippen molar-refractivity contribution in [3.8, 4) is 0 Å². The van der Waals surface area contributed by atoms with Gasteiger partial charge in [0.15, 0.2) is 5.78 Å². The van der Waals surface area contributed by atoms with E-state index in [-0.39, 0.29) is 11.8 Å². The third-order valence-electron chi connectivity index (χ3n) is 7.24. The number of carbonyl (C=O) groups is 1. The molecular weight excluding hydrogens is 364 g/mol. The largest absolute Gasteiger partial charge is 0.294 e. The number of fused-ring (bicyclic) bond motifs is 4. The minimum Gasteiger partial charge on any atom is -0.294 e. The molecule has 1 heteroatoms. The van der Waals surface area contributed by atoms with Crippen LogP contribution in [0.2, 0.25) is 0 Å². The van der Waals surface area contributed by atoms with E-state index in [4.69, 9.17) is 0 Å². The predicted octanol–water partition coefficient (Wildman–Crippen LogP) is 7.17. The van der Waals surface area contributed by atoms with E-state index < -0.39 is 0 Å². The Morgan fingerprint density at radius 1 is 0.633 bits per heavy atom. The highest BCUT2D eigenvalue weighted by molar-refractivity contribution is 6.02. The molecule has 7 rings (SSSR count). The van der Waals surface area contributed by atoms with E-state index in [1.165, 1.54) is 28.1 Å². The van der Waals surface area contributed by atoms with Crippen LogP contribution in [0.3, 0.4) is 0 Å². The number of Topliss-reactive ketones (excluding diaryl/α,β-unsaturated/α-hetero) is 1. The van der Waals surface area contributed by atoms with Gasteiger partial charge < -0.3 is 0 Å². The Kier molecular flexibility index (Phi) is 4.09. The summed E-state index contributed by atoms with van der Waals surface area (Å²) in [5.41, 5.74) is 2.16. The van der Waals surface area contributed by atoms with E-state index in [2.05, 4.69) is 78.9 Å². The minimum absolute atomic E-state index is 0.0241. The van der Waals surface area contributed by atoms with Crippen LogP contribution in [-0.2, 0) is 0 Å². The van der Waals surface area contributed by atoms with Crippen LogP contribution in [0.5, 0.6) is 0 Å². The number of allylic oxidation sites excluding steroid dienone is 2. The molecule has 0 N–H and O–H groups in total. The summed E-state index contributed by atoms with van der Waals surface area (Å²) in [5, 5.41) is 4.85. The fraction of sp³-hybridized carbons (Fsp3) is 0.207. The number of ketones is 1. The van der Waals surface area contributed by atoms with Gasteiger partial charge in [-0.2, -0.15) is 0 Å². The van der Waals surface area contributed by atoms with Crippen LogP contribution in [0, 0.1) is 17.8 Å². The maximum absolute atomic E-state index is 13.8. The second-order valence-corrected chi connectivity index (χ2v) is 8.87. The van der Waals surface area contributed by atoms with E-state index in [1.54, 1.807) is 0 Å². The number of benzene rings is 4.